The van der Waals surface area contributed by atoms with Gasteiger partial charge in [0.15, 0.2) is 5.78 Å². The Kier molecular flexibility index (Phi) is 5.94. The molecule has 1 amide bonds. The number of sulfonamides is 1. The summed E-state index contributed by atoms with van der Waals surface area (Å²) in [6.45, 7) is 4.87. The lowest BCUT2D eigenvalue weighted by Crippen LogP contribution is -2.35. The Morgan fingerprint density at radius 3 is 2.23 bits per heavy atom. The molecular formula is C19H22N2O4S. The maximum absolute atomic E-state index is 12.6. The van der Waals surface area contributed by atoms with Crippen LogP contribution in [0.5, 0.6) is 0 Å². The van der Waals surface area contributed by atoms with Gasteiger partial charge >= 0.3 is 0 Å². The maximum atomic E-state index is 12.6. The van der Waals surface area contributed by atoms with Crippen LogP contribution in [-0.2, 0) is 14.8 Å². The molecule has 2 aromatic carbocycles. The van der Waals surface area contributed by atoms with Gasteiger partial charge in [-0.15, -0.1) is 0 Å². The lowest BCUT2D eigenvalue weighted by atomic mass is 10.1. The minimum atomic E-state index is -3.83. The number of hydrogen-bond acceptors (Lipinski definition) is 4. The number of likely N-dealkylation sites (N-methyl/N-ethyl adjacent to an activating group) is 1. The van der Waals surface area contributed by atoms with E-state index in [-0.39, 0.29) is 17.2 Å². The number of benzene rings is 2. The number of carbonyl (C=O) groups is 2. The Morgan fingerprint density at radius 1 is 1.04 bits per heavy atom. The van der Waals surface area contributed by atoms with E-state index in [4.69, 9.17) is 0 Å². The summed E-state index contributed by atoms with van der Waals surface area (Å²) in [5, 5.41) is 2.74. The number of hydrogen-bond donors (Lipinski definition) is 1. The molecule has 6 nitrogen and oxygen atoms in total. The molecule has 0 aliphatic rings. The summed E-state index contributed by atoms with van der Waals surface area (Å²) in [5.41, 5.74) is 2.98. The summed E-state index contributed by atoms with van der Waals surface area (Å²) in [7, 11) is -2.48. The minimum absolute atomic E-state index is 0.0320. The number of nitrogens with zero attached hydrogens (tertiary/aromatic N) is 1. The zero-order valence-corrected chi connectivity index (χ0v) is 16.1. The summed E-state index contributed by atoms with van der Waals surface area (Å²) in [4.78, 5) is 23.6. The highest BCUT2D eigenvalue weighted by molar-refractivity contribution is 7.89. The number of carbonyl (C=O) groups excluding carboxylic acids is 2. The van der Waals surface area contributed by atoms with E-state index in [0.29, 0.717) is 11.3 Å². The zero-order valence-electron chi connectivity index (χ0n) is 15.2. The third-order valence-electron chi connectivity index (χ3n) is 4.00. The first-order valence-corrected chi connectivity index (χ1v) is 9.49. The quantitative estimate of drug-likeness (QED) is 0.788. The molecule has 0 bridgehead atoms. The van der Waals surface area contributed by atoms with Gasteiger partial charge in [-0.3, -0.25) is 9.59 Å². The van der Waals surface area contributed by atoms with Gasteiger partial charge < -0.3 is 5.32 Å². The number of ketones is 1. The smallest absolute Gasteiger partial charge is 0.243 e. The molecule has 0 heterocycles. The van der Waals surface area contributed by atoms with E-state index in [1.807, 2.05) is 32.0 Å². The molecule has 1 N–H and O–H groups in total. The Balaban J connectivity index is 2.12. The van der Waals surface area contributed by atoms with E-state index < -0.39 is 15.9 Å². The van der Waals surface area contributed by atoms with Crippen LogP contribution in [0.3, 0.4) is 0 Å². The molecule has 26 heavy (non-hydrogen) atoms. The summed E-state index contributed by atoms with van der Waals surface area (Å²) in [6.07, 6.45) is 0. The van der Waals surface area contributed by atoms with Crippen LogP contribution in [-0.4, -0.2) is 38.0 Å². The second-order valence-corrected chi connectivity index (χ2v) is 8.25. The van der Waals surface area contributed by atoms with Crippen LogP contribution in [0.15, 0.2) is 47.4 Å². The Labute approximate surface area is 153 Å². The lowest BCUT2D eigenvalue weighted by molar-refractivity contribution is -0.116. The first-order chi connectivity index (χ1) is 12.1. The topological polar surface area (TPSA) is 83.6 Å². The third kappa shape index (κ3) is 4.56. The fourth-order valence-electron chi connectivity index (χ4n) is 2.39. The van der Waals surface area contributed by atoms with Crippen molar-refractivity contribution in [3.05, 3.63) is 59.2 Å². The SMILES string of the molecule is CC(=O)c1ccc(S(=O)(=O)N(C)CC(=O)Nc2cc(C)ccc2C)cc1. The average Bonchev–Trinajstić information content (AvgIpc) is 2.58. The van der Waals surface area contributed by atoms with Gasteiger partial charge in [-0.05, 0) is 50.1 Å². The summed E-state index contributed by atoms with van der Waals surface area (Å²) >= 11 is 0. The lowest BCUT2D eigenvalue weighted by Gasteiger charge is -2.17. The van der Waals surface area contributed by atoms with Crippen LogP contribution in [0.1, 0.15) is 28.4 Å². The molecule has 0 aliphatic carbocycles. The number of Topliss-reactive ketones (excluding diaryl/α,β-unsaturated/α-hetero) is 1. The number of nitrogens with one attached hydrogen (secondary N) is 1. The van der Waals surface area contributed by atoms with Crippen LogP contribution >= 0.6 is 0 Å². The number of rotatable bonds is 6. The highest BCUT2D eigenvalue weighted by atomic mass is 32.2. The molecule has 0 radical (unpaired) electrons. The van der Waals surface area contributed by atoms with Crippen molar-refractivity contribution in [3.8, 4) is 0 Å². The van der Waals surface area contributed by atoms with Gasteiger partial charge in [-0.25, -0.2) is 8.42 Å². The molecule has 0 aliphatic heterocycles. The van der Waals surface area contributed by atoms with Crippen LogP contribution < -0.4 is 5.32 Å². The Morgan fingerprint density at radius 2 is 1.65 bits per heavy atom. The van der Waals surface area contributed by atoms with E-state index in [1.165, 1.54) is 38.2 Å². The second kappa shape index (κ2) is 7.80. The molecule has 0 spiro atoms. The van der Waals surface area contributed by atoms with Crippen molar-refractivity contribution < 1.29 is 18.0 Å². The molecule has 0 saturated carbocycles. The number of aryl methyl sites for hydroxylation is 2. The van der Waals surface area contributed by atoms with Crippen molar-refractivity contribution >= 4 is 27.4 Å². The Bertz CT molecular complexity index is 935. The average molecular weight is 374 g/mol. The standard InChI is InChI=1S/C19H22N2O4S/c1-13-5-6-14(2)18(11-13)20-19(23)12-21(4)26(24,25)17-9-7-16(8-10-17)15(3)22/h5-11H,12H2,1-4H3,(H,20,23). The van der Waals surface area contributed by atoms with Crippen LogP contribution in [0.2, 0.25) is 0 Å². The van der Waals surface area contributed by atoms with E-state index in [2.05, 4.69) is 5.32 Å². The van der Waals surface area contributed by atoms with Gasteiger partial charge in [0.1, 0.15) is 0 Å². The molecule has 2 aromatic rings. The highest BCUT2D eigenvalue weighted by Crippen LogP contribution is 2.18. The van der Waals surface area contributed by atoms with E-state index >= 15 is 0 Å². The first-order valence-electron chi connectivity index (χ1n) is 8.05. The van der Waals surface area contributed by atoms with Gasteiger partial charge in [0.05, 0.1) is 11.4 Å². The predicted octanol–water partition coefficient (Wildman–Crippen LogP) is 2.77. The van der Waals surface area contributed by atoms with Gasteiger partial charge in [-0.1, -0.05) is 24.3 Å². The second-order valence-electron chi connectivity index (χ2n) is 6.21. The first kappa shape index (κ1) is 19.8. The van der Waals surface area contributed by atoms with Crippen molar-refractivity contribution in [1.82, 2.24) is 4.31 Å². The molecule has 138 valence electrons. The zero-order chi connectivity index (χ0) is 19.5. The van der Waals surface area contributed by atoms with Crippen molar-refractivity contribution in [1.29, 1.82) is 0 Å². The largest absolute Gasteiger partial charge is 0.325 e. The summed E-state index contributed by atoms with van der Waals surface area (Å²) in [5.74, 6) is -0.569. The predicted molar refractivity (Wildman–Crippen MR) is 101 cm³/mol. The van der Waals surface area contributed by atoms with Crippen LogP contribution in [0.4, 0.5) is 5.69 Å². The molecule has 7 heteroatoms. The van der Waals surface area contributed by atoms with E-state index in [9.17, 15) is 18.0 Å². The molecule has 0 fully saturated rings. The molecule has 2 rings (SSSR count). The van der Waals surface area contributed by atoms with Crippen LogP contribution in [0, 0.1) is 13.8 Å². The molecule has 0 unspecified atom stereocenters. The van der Waals surface area contributed by atoms with Gasteiger partial charge in [0.2, 0.25) is 15.9 Å². The molecule has 0 aromatic heterocycles. The normalized spacial score (nSPS) is 11.4. The highest BCUT2D eigenvalue weighted by Gasteiger charge is 2.23. The maximum Gasteiger partial charge on any atom is 0.243 e. The van der Waals surface area contributed by atoms with E-state index in [1.54, 1.807) is 0 Å². The van der Waals surface area contributed by atoms with Crippen molar-refractivity contribution in [3.63, 3.8) is 0 Å². The molecular weight excluding hydrogens is 352 g/mol. The minimum Gasteiger partial charge on any atom is -0.325 e. The van der Waals surface area contributed by atoms with Crippen molar-refractivity contribution in [2.45, 2.75) is 25.7 Å². The molecule has 0 saturated heterocycles. The van der Waals surface area contributed by atoms with Crippen LogP contribution in [0.25, 0.3) is 0 Å². The van der Waals surface area contributed by atoms with Gasteiger partial charge in [0, 0.05) is 18.3 Å². The fraction of sp³-hybridized carbons (Fsp3) is 0.263. The number of amides is 1. The van der Waals surface area contributed by atoms with E-state index in [0.717, 1.165) is 15.4 Å². The third-order valence-corrected chi connectivity index (χ3v) is 5.82. The van der Waals surface area contributed by atoms with Gasteiger partial charge in [0.25, 0.3) is 0 Å². The fourth-order valence-corrected chi connectivity index (χ4v) is 3.52. The van der Waals surface area contributed by atoms with Crippen molar-refractivity contribution in [2.75, 3.05) is 18.9 Å². The number of anilines is 1. The monoisotopic (exact) mass is 374 g/mol. The molecule has 0 atom stereocenters. The van der Waals surface area contributed by atoms with Crippen molar-refractivity contribution in [2.24, 2.45) is 0 Å². The summed E-state index contributed by atoms with van der Waals surface area (Å²) < 4.78 is 26.1. The van der Waals surface area contributed by atoms with Gasteiger partial charge in [-0.2, -0.15) is 4.31 Å². The Hall–Kier alpha value is -2.51. The summed E-state index contributed by atoms with van der Waals surface area (Å²) in [6, 6.07) is 11.3.